The molecule has 2 rings (SSSR count). The lowest BCUT2D eigenvalue weighted by Gasteiger charge is -2.22. The number of rotatable bonds is 1. The molecule has 0 amide bonds. The summed E-state index contributed by atoms with van der Waals surface area (Å²) in [5.41, 5.74) is 1.06. The second kappa shape index (κ2) is 4.32. The van der Waals surface area contributed by atoms with Crippen molar-refractivity contribution >= 4 is 29.4 Å². The van der Waals surface area contributed by atoms with E-state index in [1.165, 1.54) is 0 Å². The molecule has 0 aliphatic carbocycles. The van der Waals surface area contributed by atoms with Crippen molar-refractivity contribution in [3.63, 3.8) is 0 Å². The highest BCUT2D eigenvalue weighted by atomic mass is 32.1. The molecule has 0 bridgehead atoms. The average molecular weight is 260 g/mol. The first-order chi connectivity index (χ1) is 8.30. The first-order valence-corrected chi connectivity index (χ1v) is 6.25. The summed E-state index contributed by atoms with van der Waals surface area (Å²) < 4.78 is 0. The molecular weight excluding hydrogens is 244 g/mol. The maximum absolute atomic E-state index is 11.5. The Morgan fingerprint density at radius 2 is 1.83 bits per heavy atom. The van der Waals surface area contributed by atoms with Gasteiger partial charge in [0.15, 0.2) is 0 Å². The van der Waals surface area contributed by atoms with Crippen molar-refractivity contribution < 1.29 is 9.90 Å². The summed E-state index contributed by atoms with van der Waals surface area (Å²) in [6.45, 7) is 6.06. The second-order valence-electron chi connectivity index (χ2n) is 5.45. The normalized spacial score (nSPS) is 11.8. The van der Waals surface area contributed by atoms with E-state index < -0.39 is 5.97 Å². The van der Waals surface area contributed by atoms with Crippen LogP contribution >= 0.6 is 12.6 Å². The molecule has 0 aromatic heterocycles. The lowest BCUT2D eigenvalue weighted by atomic mass is 9.82. The van der Waals surface area contributed by atoms with Crippen LogP contribution in [0.15, 0.2) is 35.2 Å². The lowest BCUT2D eigenvalue weighted by Crippen LogP contribution is -2.17. The molecule has 2 nitrogen and oxygen atoms in total. The number of hydrogen-bond donors (Lipinski definition) is 2. The molecule has 0 aliphatic rings. The number of aromatic carboxylic acids is 1. The molecule has 0 saturated heterocycles. The molecule has 0 aliphatic heterocycles. The predicted molar refractivity (Wildman–Crippen MR) is 76.9 cm³/mol. The van der Waals surface area contributed by atoms with E-state index in [1.54, 1.807) is 0 Å². The predicted octanol–water partition coefficient (Wildman–Crippen LogP) is 4.12. The van der Waals surface area contributed by atoms with Crippen LogP contribution in [0.1, 0.15) is 36.7 Å². The van der Waals surface area contributed by atoms with Gasteiger partial charge in [0.2, 0.25) is 0 Å². The zero-order valence-corrected chi connectivity index (χ0v) is 11.6. The number of thiol groups is 1. The molecule has 0 atom stereocenters. The van der Waals surface area contributed by atoms with Crippen molar-refractivity contribution in [2.45, 2.75) is 31.1 Å². The van der Waals surface area contributed by atoms with Crippen LogP contribution in [0.5, 0.6) is 0 Å². The van der Waals surface area contributed by atoms with Crippen LogP contribution in [-0.4, -0.2) is 11.1 Å². The topological polar surface area (TPSA) is 37.3 Å². The van der Waals surface area contributed by atoms with Gasteiger partial charge in [0.25, 0.3) is 0 Å². The van der Waals surface area contributed by atoms with E-state index in [-0.39, 0.29) is 5.41 Å². The number of benzene rings is 2. The van der Waals surface area contributed by atoms with Crippen LogP contribution in [-0.2, 0) is 5.41 Å². The van der Waals surface area contributed by atoms with Gasteiger partial charge in [-0.15, -0.1) is 12.6 Å². The third kappa shape index (κ3) is 2.23. The van der Waals surface area contributed by atoms with Gasteiger partial charge in [0, 0.05) is 4.90 Å². The summed E-state index contributed by atoms with van der Waals surface area (Å²) in [5, 5.41) is 11.2. The van der Waals surface area contributed by atoms with Gasteiger partial charge in [-0.2, -0.15) is 0 Å². The lowest BCUT2D eigenvalue weighted by molar-refractivity contribution is 0.0696. The van der Waals surface area contributed by atoms with Crippen LogP contribution in [0.25, 0.3) is 10.8 Å². The Labute approximate surface area is 112 Å². The van der Waals surface area contributed by atoms with Gasteiger partial charge in [-0.3, -0.25) is 0 Å². The van der Waals surface area contributed by atoms with Crippen molar-refractivity contribution in [3.05, 3.63) is 41.5 Å². The number of carboxylic acid groups (broad SMARTS) is 1. The minimum Gasteiger partial charge on any atom is -0.478 e. The molecule has 2 aromatic carbocycles. The number of fused-ring (bicyclic) bond motifs is 1. The average Bonchev–Trinajstić information content (AvgIpc) is 2.25. The van der Waals surface area contributed by atoms with E-state index in [0.717, 1.165) is 21.2 Å². The Kier molecular flexibility index (Phi) is 3.11. The highest BCUT2D eigenvalue weighted by molar-refractivity contribution is 7.80. The van der Waals surface area contributed by atoms with E-state index >= 15 is 0 Å². The van der Waals surface area contributed by atoms with Gasteiger partial charge in [-0.1, -0.05) is 39.0 Å². The second-order valence-corrected chi connectivity index (χ2v) is 5.97. The Balaban J connectivity index is 2.87. The van der Waals surface area contributed by atoms with Crippen molar-refractivity contribution in [1.82, 2.24) is 0 Å². The van der Waals surface area contributed by atoms with E-state index in [1.807, 2.05) is 51.1 Å². The molecule has 18 heavy (non-hydrogen) atoms. The summed E-state index contributed by atoms with van der Waals surface area (Å²) >= 11 is 4.28. The molecule has 0 radical (unpaired) electrons. The van der Waals surface area contributed by atoms with Crippen LogP contribution < -0.4 is 0 Å². The maximum atomic E-state index is 11.5. The number of carboxylic acids is 1. The Hall–Kier alpha value is -1.48. The first kappa shape index (κ1) is 13.0. The summed E-state index contributed by atoms with van der Waals surface area (Å²) in [5.74, 6) is -0.877. The Morgan fingerprint density at radius 3 is 2.39 bits per heavy atom. The molecule has 0 unspecified atom stereocenters. The first-order valence-electron chi connectivity index (χ1n) is 5.80. The minimum absolute atomic E-state index is 0.193. The van der Waals surface area contributed by atoms with Gasteiger partial charge >= 0.3 is 5.97 Å². The van der Waals surface area contributed by atoms with Crippen LogP contribution in [0.4, 0.5) is 0 Å². The monoisotopic (exact) mass is 260 g/mol. The summed E-state index contributed by atoms with van der Waals surface area (Å²) in [6, 6.07) is 9.40. The minimum atomic E-state index is -0.877. The summed E-state index contributed by atoms with van der Waals surface area (Å²) in [4.78, 5) is 12.4. The van der Waals surface area contributed by atoms with Crippen molar-refractivity contribution in [1.29, 1.82) is 0 Å². The molecule has 0 fully saturated rings. The standard InChI is InChI=1S/C15H16O2S/c1-15(2,3)12-7-4-9-8-10(18)5-6-11(9)13(12)14(16)17/h4-8,18H,1-3H3,(H,16,17). The van der Waals surface area contributed by atoms with Gasteiger partial charge in [0.1, 0.15) is 0 Å². The van der Waals surface area contributed by atoms with Gasteiger partial charge < -0.3 is 5.11 Å². The third-order valence-electron chi connectivity index (χ3n) is 3.03. The third-order valence-corrected chi connectivity index (χ3v) is 3.30. The fourth-order valence-corrected chi connectivity index (χ4v) is 2.39. The molecule has 2 aromatic rings. The van der Waals surface area contributed by atoms with Crippen molar-refractivity contribution in [3.8, 4) is 0 Å². The van der Waals surface area contributed by atoms with Crippen molar-refractivity contribution in [2.75, 3.05) is 0 Å². The number of carbonyl (C=O) groups is 1. The van der Waals surface area contributed by atoms with Crippen LogP contribution in [0, 0.1) is 0 Å². The van der Waals surface area contributed by atoms with Crippen LogP contribution in [0.2, 0.25) is 0 Å². The SMILES string of the molecule is CC(C)(C)c1ccc2cc(S)ccc2c1C(=O)O. The van der Waals surface area contributed by atoms with Crippen molar-refractivity contribution in [2.24, 2.45) is 0 Å². The fourth-order valence-electron chi connectivity index (χ4n) is 2.17. The zero-order valence-electron chi connectivity index (χ0n) is 10.7. The maximum Gasteiger partial charge on any atom is 0.336 e. The van der Waals surface area contributed by atoms with Gasteiger partial charge in [-0.25, -0.2) is 4.79 Å². The molecule has 3 heteroatoms. The zero-order chi connectivity index (χ0) is 13.5. The number of hydrogen-bond acceptors (Lipinski definition) is 2. The van der Waals surface area contributed by atoms with E-state index in [4.69, 9.17) is 0 Å². The fraction of sp³-hybridized carbons (Fsp3) is 0.267. The van der Waals surface area contributed by atoms with Gasteiger partial charge in [0.05, 0.1) is 5.56 Å². The molecule has 94 valence electrons. The molecule has 0 saturated carbocycles. The van der Waals surface area contributed by atoms with Gasteiger partial charge in [-0.05, 0) is 33.9 Å². The smallest absolute Gasteiger partial charge is 0.336 e. The highest BCUT2D eigenvalue weighted by Gasteiger charge is 2.23. The molecule has 0 spiro atoms. The van der Waals surface area contributed by atoms with E-state index in [0.29, 0.717) is 5.56 Å². The van der Waals surface area contributed by atoms with E-state index in [2.05, 4.69) is 12.6 Å². The largest absolute Gasteiger partial charge is 0.478 e. The highest BCUT2D eigenvalue weighted by Crippen LogP contribution is 2.32. The molecule has 1 N–H and O–H groups in total. The molecule has 0 heterocycles. The van der Waals surface area contributed by atoms with Crippen LogP contribution in [0.3, 0.4) is 0 Å². The molecular formula is C15H16O2S. The Bertz CT molecular complexity index is 624. The Morgan fingerprint density at radius 1 is 1.17 bits per heavy atom. The summed E-state index contributed by atoms with van der Waals surface area (Å²) in [6.07, 6.45) is 0. The quantitative estimate of drug-likeness (QED) is 0.757. The van der Waals surface area contributed by atoms with E-state index in [9.17, 15) is 9.90 Å². The summed E-state index contributed by atoms with van der Waals surface area (Å²) in [7, 11) is 0.